The van der Waals surface area contributed by atoms with Gasteiger partial charge in [0.05, 0.1) is 11.2 Å². The van der Waals surface area contributed by atoms with Crippen LogP contribution in [-0.2, 0) is 0 Å². The van der Waals surface area contributed by atoms with Crippen molar-refractivity contribution in [1.29, 1.82) is 0 Å². The molecule has 4 N–H and O–H groups in total. The standard InChI is InChI=1S/C17H20FN5O2/c18-13-7-11-14(8-15(13)22-5-3-20-4-6-22)23(10-1-2-10)9-12(16(11)24)17(25)21-19/h7-10,20H,1-6,19H2,(H,21,25). The SMILES string of the molecule is NNC(=O)c1cn(C2CC2)c2cc(N3CCNCC3)c(F)cc2c1=O. The van der Waals surface area contributed by atoms with Crippen molar-refractivity contribution < 1.29 is 9.18 Å². The molecule has 0 spiro atoms. The second-order valence-corrected chi connectivity index (χ2v) is 6.54. The molecule has 2 heterocycles. The van der Waals surface area contributed by atoms with E-state index >= 15 is 0 Å². The van der Waals surface area contributed by atoms with E-state index in [1.165, 1.54) is 6.07 Å². The number of anilines is 1. The number of amides is 1. The minimum atomic E-state index is -0.659. The second-order valence-electron chi connectivity index (χ2n) is 6.54. The van der Waals surface area contributed by atoms with Crippen LogP contribution in [0.1, 0.15) is 29.2 Å². The molecule has 0 bridgehead atoms. The van der Waals surface area contributed by atoms with E-state index in [0.717, 1.165) is 25.9 Å². The summed E-state index contributed by atoms with van der Waals surface area (Å²) in [5, 5.41) is 3.45. The van der Waals surface area contributed by atoms with Crippen molar-refractivity contribution in [1.82, 2.24) is 15.3 Å². The molecule has 0 atom stereocenters. The monoisotopic (exact) mass is 345 g/mol. The highest BCUT2D eigenvalue weighted by molar-refractivity contribution is 5.97. The van der Waals surface area contributed by atoms with Crippen molar-refractivity contribution in [2.24, 2.45) is 5.84 Å². The van der Waals surface area contributed by atoms with Crippen molar-refractivity contribution in [2.45, 2.75) is 18.9 Å². The average molecular weight is 345 g/mol. The number of nitrogens with zero attached hydrogens (tertiary/aromatic N) is 2. The van der Waals surface area contributed by atoms with Gasteiger partial charge in [-0.2, -0.15) is 0 Å². The van der Waals surface area contributed by atoms with Crippen LogP contribution < -0.4 is 26.9 Å². The number of nitrogens with two attached hydrogens (primary N) is 1. The van der Waals surface area contributed by atoms with Crippen molar-refractivity contribution in [3.05, 3.63) is 39.9 Å². The summed E-state index contributed by atoms with van der Waals surface area (Å²) in [7, 11) is 0. The number of rotatable bonds is 3. The lowest BCUT2D eigenvalue weighted by molar-refractivity contribution is 0.0952. The number of carbonyl (C=O) groups excluding carboxylic acids is 1. The average Bonchev–Trinajstić information content (AvgIpc) is 3.47. The third kappa shape index (κ3) is 2.77. The first-order valence-corrected chi connectivity index (χ1v) is 8.45. The van der Waals surface area contributed by atoms with Gasteiger partial charge in [0.25, 0.3) is 5.91 Å². The maximum absolute atomic E-state index is 14.7. The number of nitrogens with one attached hydrogen (secondary N) is 2. The first kappa shape index (κ1) is 16.0. The third-order valence-electron chi connectivity index (χ3n) is 4.87. The highest BCUT2D eigenvalue weighted by Crippen LogP contribution is 2.38. The number of hydrogen-bond acceptors (Lipinski definition) is 5. The second kappa shape index (κ2) is 6.12. The highest BCUT2D eigenvalue weighted by Gasteiger charge is 2.28. The molecule has 25 heavy (non-hydrogen) atoms. The van der Waals surface area contributed by atoms with Gasteiger partial charge in [0, 0.05) is 43.8 Å². The molecule has 4 rings (SSSR count). The Morgan fingerprint density at radius 2 is 2.00 bits per heavy atom. The fourth-order valence-electron chi connectivity index (χ4n) is 3.40. The Kier molecular flexibility index (Phi) is 3.93. The van der Waals surface area contributed by atoms with Gasteiger partial charge in [0.15, 0.2) is 0 Å². The summed E-state index contributed by atoms with van der Waals surface area (Å²) in [4.78, 5) is 26.5. The van der Waals surface area contributed by atoms with E-state index in [2.05, 4.69) is 5.32 Å². The number of pyridine rings is 1. The number of hydrazine groups is 1. The summed E-state index contributed by atoms with van der Waals surface area (Å²) in [6, 6.07) is 3.22. The van der Waals surface area contributed by atoms with E-state index in [4.69, 9.17) is 5.84 Å². The van der Waals surface area contributed by atoms with Crippen LogP contribution in [0.3, 0.4) is 0 Å². The molecular formula is C17H20FN5O2. The number of carbonyl (C=O) groups is 1. The molecule has 1 saturated heterocycles. The number of aromatic nitrogens is 1. The van der Waals surface area contributed by atoms with Gasteiger partial charge in [-0.3, -0.25) is 15.0 Å². The van der Waals surface area contributed by atoms with Crippen LogP contribution in [0.5, 0.6) is 0 Å². The molecule has 1 amide bonds. The number of fused-ring (bicyclic) bond motifs is 1. The first-order chi connectivity index (χ1) is 12.1. The molecule has 1 aliphatic carbocycles. The zero-order valence-corrected chi connectivity index (χ0v) is 13.7. The molecule has 7 nitrogen and oxygen atoms in total. The maximum atomic E-state index is 14.7. The molecule has 1 aliphatic heterocycles. The van der Waals surface area contributed by atoms with Crippen LogP contribution in [-0.4, -0.2) is 36.7 Å². The van der Waals surface area contributed by atoms with Crippen LogP contribution in [0.25, 0.3) is 10.9 Å². The normalized spacial score (nSPS) is 17.8. The van der Waals surface area contributed by atoms with Crippen LogP contribution >= 0.6 is 0 Å². The molecule has 0 unspecified atom stereocenters. The van der Waals surface area contributed by atoms with Crippen molar-refractivity contribution >= 4 is 22.5 Å². The molecule has 1 aromatic heterocycles. The fraction of sp³-hybridized carbons (Fsp3) is 0.412. The highest BCUT2D eigenvalue weighted by atomic mass is 19.1. The maximum Gasteiger partial charge on any atom is 0.270 e. The number of hydrogen-bond donors (Lipinski definition) is 3. The van der Waals surface area contributed by atoms with Crippen molar-refractivity contribution in [3.8, 4) is 0 Å². The van der Waals surface area contributed by atoms with Gasteiger partial charge in [0.2, 0.25) is 5.43 Å². The Hall–Kier alpha value is -2.45. The summed E-state index contributed by atoms with van der Waals surface area (Å²) in [5.74, 6) is 4.07. The topological polar surface area (TPSA) is 92.4 Å². The van der Waals surface area contributed by atoms with Gasteiger partial charge in [-0.05, 0) is 25.0 Å². The van der Waals surface area contributed by atoms with Gasteiger partial charge >= 0.3 is 0 Å². The Morgan fingerprint density at radius 3 is 2.64 bits per heavy atom. The minimum absolute atomic E-state index is 0.0591. The lowest BCUT2D eigenvalue weighted by Crippen LogP contribution is -2.44. The summed E-state index contributed by atoms with van der Waals surface area (Å²) in [6.07, 6.45) is 3.49. The smallest absolute Gasteiger partial charge is 0.270 e. The van der Waals surface area contributed by atoms with Gasteiger partial charge in [-0.15, -0.1) is 0 Å². The zero-order valence-electron chi connectivity index (χ0n) is 13.7. The molecule has 2 aromatic rings. The summed E-state index contributed by atoms with van der Waals surface area (Å²) in [6.45, 7) is 3.01. The third-order valence-corrected chi connectivity index (χ3v) is 4.87. The predicted octanol–water partition coefficient (Wildman–Crippen LogP) is 0.489. The van der Waals surface area contributed by atoms with E-state index in [0.29, 0.717) is 24.3 Å². The fourth-order valence-corrected chi connectivity index (χ4v) is 3.40. The number of nitrogen functional groups attached to an aromatic ring is 1. The van der Waals surface area contributed by atoms with Gasteiger partial charge in [0.1, 0.15) is 11.4 Å². The largest absolute Gasteiger partial charge is 0.367 e. The summed E-state index contributed by atoms with van der Waals surface area (Å²) in [5.41, 5.74) is 2.59. The molecule has 1 aromatic carbocycles. The minimum Gasteiger partial charge on any atom is -0.367 e. The van der Waals surface area contributed by atoms with E-state index in [1.54, 1.807) is 12.3 Å². The molecule has 2 fully saturated rings. The first-order valence-electron chi connectivity index (χ1n) is 8.45. The van der Waals surface area contributed by atoms with E-state index in [1.807, 2.05) is 14.9 Å². The zero-order chi connectivity index (χ0) is 17.6. The van der Waals surface area contributed by atoms with E-state index < -0.39 is 17.2 Å². The quantitative estimate of drug-likeness (QED) is 0.428. The van der Waals surface area contributed by atoms with Crippen LogP contribution in [0.4, 0.5) is 10.1 Å². The molecule has 8 heteroatoms. The lowest BCUT2D eigenvalue weighted by Gasteiger charge is -2.30. The van der Waals surface area contributed by atoms with Crippen molar-refractivity contribution in [2.75, 3.05) is 31.1 Å². The van der Waals surface area contributed by atoms with Crippen LogP contribution in [0, 0.1) is 5.82 Å². The molecule has 132 valence electrons. The van der Waals surface area contributed by atoms with E-state index in [9.17, 15) is 14.0 Å². The number of halogens is 1. The van der Waals surface area contributed by atoms with Gasteiger partial charge in [-0.1, -0.05) is 0 Å². The summed E-state index contributed by atoms with van der Waals surface area (Å²) < 4.78 is 16.6. The Bertz CT molecular complexity index is 900. The van der Waals surface area contributed by atoms with Crippen LogP contribution in [0.15, 0.2) is 23.1 Å². The molecule has 2 aliphatic rings. The Balaban J connectivity index is 1.93. The van der Waals surface area contributed by atoms with Gasteiger partial charge in [-0.25, -0.2) is 10.2 Å². The summed E-state index contributed by atoms with van der Waals surface area (Å²) >= 11 is 0. The Morgan fingerprint density at radius 1 is 1.28 bits per heavy atom. The molecule has 0 radical (unpaired) electrons. The van der Waals surface area contributed by atoms with Crippen LogP contribution in [0.2, 0.25) is 0 Å². The van der Waals surface area contributed by atoms with Gasteiger partial charge < -0.3 is 14.8 Å². The Labute approximate surface area is 143 Å². The number of piperazine rings is 1. The molecule has 1 saturated carbocycles. The van der Waals surface area contributed by atoms with E-state index in [-0.39, 0.29) is 17.0 Å². The predicted molar refractivity (Wildman–Crippen MR) is 93.2 cm³/mol. The van der Waals surface area contributed by atoms with Crippen molar-refractivity contribution in [3.63, 3.8) is 0 Å². The molecular weight excluding hydrogens is 325 g/mol. The lowest BCUT2D eigenvalue weighted by atomic mass is 10.1. The number of benzene rings is 1.